The molecule has 0 fully saturated rings. The molecule has 0 saturated carbocycles. The smallest absolute Gasteiger partial charge is 0.226 e. The zero-order chi connectivity index (χ0) is 10.6. The molecule has 0 aliphatic rings. The maximum Gasteiger partial charge on any atom is 0.226 e. The van der Waals surface area contributed by atoms with Crippen molar-refractivity contribution < 1.29 is 9.53 Å². The zero-order valence-electron chi connectivity index (χ0n) is 7.72. The van der Waals surface area contributed by atoms with Crippen LogP contribution < -0.4 is 4.74 Å². The molecule has 0 radical (unpaired) electrons. The molecule has 1 rings (SSSR count). The van der Waals surface area contributed by atoms with E-state index in [1.807, 2.05) is 6.92 Å². The molecule has 0 saturated heterocycles. The summed E-state index contributed by atoms with van der Waals surface area (Å²) < 4.78 is 5.24. The van der Waals surface area contributed by atoms with Gasteiger partial charge in [0.25, 0.3) is 0 Å². The van der Waals surface area contributed by atoms with Gasteiger partial charge in [0.1, 0.15) is 5.75 Å². The van der Waals surface area contributed by atoms with Gasteiger partial charge in [-0.3, -0.25) is 4.79 Å². The summed E-state index contributed by atoms with van der Waals surface area (Å²) >= 11 is 11.2. The van der Waals surface area contributed by atoms with Crippen molar-refractivity contribution in [2.24, 2.45) is 0 Å². The van der Waals surface area contributed by atoms with E-state index >= 15 is 0 Å². The minimum absolute atomic E-state index is 0.146. The molecule has 0 heterocycles. The predicted octanol–water partition coefficient (Wildman–Crippen LogP) is 3.05. The van der Waals surface area contributed by atoms with E-state index in [0.29, 0.717) is 17.4 Å². The maximum absolute atomic E-state index is 10.7. The first-order valence-corrected chi connectivity index (χ1v) is 4.98. The number of carbonyl (C=O) groups is 1. The van der Waals surface area contributed by atoms with E-state index in [-0.39, 0.29) is 6.42 Å². The van der Waals surface area contributed by atoms with Crippen molar-refractivity contribution in [3.05, 3.63) is 28.8 Å². The molecule has 14 heavy (non-hydrogen) atoms. The molecular weight excluding hydrogens is 223 g/mol. The van der Waals surface area contributed by atoms with Crippen molar-refractivity contribution in [2.45, 2.75) is 13.3 Å². The van der Waals surface area contributed by atoms with Crippen LogP contribution in [0.1, 0.15) is 12.5 Å². The molecule has 0 bridgehead atoms. The van der Waals surface area contributed by atoms with Gasteiger partial charge in [-0.15, -0.1) is 0 Å². The lowest BCUT2D eigenvalue weighted by Crippen LogP contribution is -1.96. The number of hydrogen-bond acceptors (Lipinski definition) is 2. The van der Waals surface area contributed by atoms with Gasteiger partial charge in [-0.2, -0.15) is 0 Å². The Hall–Kier alpha value is -0.730. The number of halogens is 2. The first-order chi connectivity index (χ1) is 6.63. The number of hydrogen-bond donors (Lipinski definition) is 0. The molecule has 1 aromatic rings. The predicted molar refractivity (Wildman–Crippen MR) is 57.2 cm³/mol. The zero-order valence-corrected chi connectivity index (χ0v) is 9.23. The number of carbonyl (C=O) groups excluding carboxylic acids is 1. The van der Waals surface area contributed by atoms with Crippen molar-refractivity contribution in [1.82, 2.24) is 0 Å². The highest BCUT2D eigenvalue weighted by atomic mass is 35.5. The number of benzene rings is 1. The Morgan fingerprint density at radius 2 is 2.21 bits per heavy atom. The van der Waals surface area contributed by atoms with Crippen LogP contribution in [0.3, 0.4) is 0 Å². The van der Waals surface area contributed by atoms with E-state index in [1.165, 1.54) is 0 Å². The molecule has 0 N–H and O–H groups in total. The third-order valence-electron chi connectivity index (χ3n) is 1.66. The summed E-state index contributed by atoms with van der Waals surface area (Å²) in [4.78, 5) is 10.7. The molecule has 0 unspecified atom stereocenters. The standard InChI is InChI=1S/C10H10Cl2O2/c1-2-14-8-4-3-7(5-10(12)13)9(11)6-8/h3-4,6H,2,5H2,1H3. The molecule has 0 aliphatic heterocycles. The summed E-state index contributed by atoms with van der Waals surface area (Å²) in [6, 6.07) is 5.19. The van der Waals surface area contributed by atoms with Crippen LogP contribution in [0.15, 0.2) is 18.2 Å². The molecule has 1 aromatic carbocycles. The van der Waals surface area contributed by atoms with Crippen LogP contribution in [0, 0.1) is 0 Å². The third-order valence-corrected chi connectivity index (χ3v) is 2.15. The highest BCUT2D eigenvalue weighted by Gasteiger charge is 2.05. The third kappa shape index (κ3) is 3.20. The Kier molecular flexibility index (Phi) is 4.23. The second-order valence-electron chi connectivity index (χ2n) is 2.72. The summed E-state index contributed by atoms with van der Waals surface area (Å²) in [5.74, 6) is 0.697. The van der Waals surface area contributed by atoms with Crippen molar-refractivity contribution in [3.8, 4) is 5.75 Å². The molecule has 2 nitrogen and oxygen atoms in total. The summed E-state index contributed by atoms with van der Waals surface area (Å²) in [5.41, 5.74) is 0.718. The summed E-state index contributed by atoms with van der Waals surface area (Å²) in [6.07, 6.45) is 0.146. The SMILES string of the molecule is CCOc1ccc(CC(=O)Cl)c(Cl)c1. The van der Waals surface area contributed by atoms with Crippen LogP contribution in [0.4, 0.5) is 0 Å². The Bertz CT molecular complexity index is 337. The Balaban J connectivity index is 2.84. The van der Waals surface area contributed by atoms with Crippen molar-refractivity contribution in [3.63, 3.8) is 0 Å². The fraction of sp³-hybridized carbons (Fsp3) is 0.300. The van der Waals surface area contributed by atoms with Gasteiger partial charge in [0.05, 0.1) is 6.61 Å². The van der Waals surface area contributed by atoms with E-state index in [2.05, 4.69) is 0 Å². The Morgan fingerprint density at radius 3 is 2.71 bits per heavy atom. The quantitative estimate of drug-likeness (QED) is 0.747. The normalized spacial score (nSPS) is 9.93. The van der Waals surface area contributed by atoms with Crippen molar-refractivity contribution >= 4 is 28.4 Å². The van der Waals surface area contributed by atoms with Gasteiger partial charge >= 0.3 is 0 Å². The number of ether oxygens (including phenoxy) is 1. The van der Waals surface area contributed by atoms with Crippen LogP contribution in [-0.4, -0.2) is 11.8 Å². The van der Waals surface area contributed by atoms with Crippen molar-refractivity contribution in [2.75, 3.05) is 6.61 Å². The summed E-state index contributed by atoms with van der Waals surface area (Å²) in [6.45, 7) is 2.48. The van der Waals surface area contributed by atoms with Gasteiger partial charge in [0.2, 0.25) is 5.24 Å². The van der Waals surface area contributed by atoms with E-state index < -0.39 is 5.24 Å². The van der Waals surface area contributed by atoms with Gasteiger partial charge in [0, 0.05) is 11.4 Å². The molecule has 0 aliphatic carbocycles. The van der Waals surface area contributed by atoms with E-state index in [4.69, 9.17) is 27.9 Å². The van der Waals surface area contributed by atoms with Gasteiger partial charge in [0.15, 0.2) is 0 Å². The molecular formula is C10H10Cl2O2. The first-order valence-electron chi connectivity index (χ1n) is 4.23. The van der Waals surface area contributed by atoms with Crippen LogP contribution in [0.5, 0.6) is 5.75 Å². The molecule has 76 valence electrons. The minimum atomic E-state index is -0.420. The fourth-order valence-electron chi connectivity index (χ4n) is 1.08. The largest absolute Gasteiger partial charge is 0.494 e. The van der Waals surface area contributed by atoms with Gasteiger partial charge in [-0.25, -0.2) is 0 Å². The number of rotatable bonds is 4. The summed E-state index contributed by atoms with van der Waals surface area (Å²) in [5, 5.41) is 0.0843. The molecule has 0 atom stereocenters. The lowest BCUT2D eigenvalue weighted by molar-refractivity contribution is -0.111. The summed E-state index contributed by atoms with van der Waals surface area (Å²) in [7, 11) is 0. The molecule has 0 amide bonds. The minimum Gasteiger partial charge on any atom is -0.494 e. The Morgan fingerprint density at radius 1 is 1.50 bits per heavy atom. The monoisotopic (exact) mass is 232 g/mol. The Labute approximate surface area is 92.8 Å². The van der Waals surface area contributed by atoms with E-state index in [9.17, 15) is 4.79 Å². The van der Waals surface area contributed by atoms with Gasteiger partial charge in [-0.05, 0) is 36.2 Å². The van der Waals surface area contributed by atoms with E-state index in [0.717, 1.165) is 5.56 Å². The average molecular weight is 233 g/mol. The topological polar surface area (TPSA) is 26.3 Å². The lowest BCUT2D eigenvalue weighted by Gasteiger charge is -2.05. The lowest BCUT2D eigenvalue weighted by atomic mass is 10.1. The fourth-order valence-corrected chi connectivity index (χ4v) is 1.46. The first kappa shape index (κ1) is 11.3. The van der Waals surface area contributed by atoms with E-state index in [1.54, 1.807) is 18.2 Å². The highest BCUT2D eigenvalue weighted by molar-refractivity contribution is 6.63. The van der Waals surface area contributed by atoms with Gasteiger partial charge < -0.3 is 4.74 Å². The average Bonchev–Trinajstić information content (AvgIpc) is 2.10. The molecule has 0 spiro atoms. The second kappa shape index (κ2) is 5.23. The second-order valence-corrected chi connectivity index (χ2v) is 3.55. The van der Waals surface area contributed by atoms with Crippen LogP contribution in [-0.2, 0) is 11.2 Å². The molecule has 0 aromatic heterocycles. The van der Waals surface area contributed by atoms with Gasteiger partial charge in [-0.1, -0.05) is 17.7 Å². The van der Waals surface area contributed by atoms with Crippen molar-refractivity contribution in [1.29, 1.82) is 0 Å². The van der Waals surface area contributed by atoms with Crippen LogP contribution in [0.2, 0.25) is 5.02 Å². The van der Waals surface area contributed by atoms with Crippen LogP contribution >= 0.6 is 23.2 Å². The van der Waals surface area contributed by atoms with Crippen LogP contribution in [0.25, 0.3) is 0 Å². The molecule has 4 heteroatoms. The highest BCUT2D eigenvalue weighted by Crippen LogP contribution is 2.23. The maximum atomic E-state index is 10.7.